The minimum atomic E-state index is -2.33. The van der Waals surface area contributed by atoms with Crippen molar-refractivity contribution < 1.29 is 153 Å². The first-order valence-corrected chi connectivity index (χ1v) is 2.31. The van der Waals surface area contributed by atoms with E-state index in [0.29, 0.717) is 0 Å². The standard InChI is InChI=1S/C4H4N2.CH2O3.2Cs/c1-2-5-4-6-3-1;2-1(3)4;;/h1-4H;(H2,2,3,4);;/q;;2*+1/p-2. The number of carboxylic acid groups (broad SMARTS) is 2. The second-order valence-electron chi connectivity index (χ2n) is 1.15. The van der Waals surface area contributed by atoms with Crippen molar-refractivity contribution in [2.24, 2.45) is 0 Å². The largest absolute Gasteiger partial charge is 1.00 e. The fraction of sp³-hybridized carbons (Fsp3) is 0. The van der Waals surface area contributed by atoms with E-state index in [9.17, 15) is 0 Å². The molecule has 7 heteroatoms. The van der Waals surface area contributed by atoms with Gasteiger partial charge in [-0.3, -0.25) is 0 Å². The summed E-state index contributed by atoms with van der Waals surface area (Å²) >= 11 is 0. The van der Waals surface area contributed by atoms with Gasteiger partial charge in [-0.15, -0.1) is 0 Å². The Balaban J connectivity index is -0.000000124. The van der Waals surface area contributed by atoms with Crippen LogP contribution in [-0.4, -0.2) is 16.1 Å². The van der Waals surface area contributed by atoms with E-state index in [2.05, 4.69) is 9.97 Å². The van der Waals surface area contributed by atoms with Gasteiger partial charge < -0.3 is 15.0 Å². The van der Waals surface area contributed by atoms with E-state index < -0.39 is 6.16 Å². The molecule has 0 amide bonds. The van der Waals surface area contributed by atoms with Gasteiger partial charge in [0.1, 0.15) is 6.33 Å². The predicted molar refractivity (Wildman–Crippen MR) is 27.4 cm³/mol. The van der Waals surface area contributed by atoms with Crippen LogP contribution in [0.2, 0.25) is 0 Å². The molecule has 0 saturated heterocycles. The zero-order valence-electron chi connectivity index (χ0n) is 6.93. The third kappa shape index (κ3) is 22.9. The van der Waals surface area contributed by atoms with E-state index in [0.717, 1.165) is 0 Å². The molecule has 0 aliphatic carbocycles. The van der Waals surface area contributed by atoms with Crippen LogP contribution in [0.3, 0.4) is 0 Å². The molecule has 0 aliphatic heterocycles. The predicted octanol–water partition coefficient (Wildman–Crippen LogP) is -7.96. The van der Waals surface area contributed by atoms with Gasteiger partial charge in [0.05, 0.1) is 0 Å². The number of aromatic nitrogens is 2. The van der Waals surface area contributed by atoms with Gasteiger partial charge in [0.15, 0.2) is 0 Å². The van der Waals surface area contributed by atoms with Crippen molar-refractivity contribution in [1.29, 1.82) is 0 Å². The van der Waals surface area contributed by atoms with E-state index in [4.69, 9.17) is 15.0 Å². The van der Waals surface area contributed by atoms with Gasteiger partial charge in [0.2, 0.25) is 0 Å². The van der Waals surface area contributed by atoms with Crippen LogP contribution in [0.1, 0.15) is 0 Å². The third-order valence-corrected chi connectivity index (χ3v) is 0.478. The minimum Gasteiger partial charge on any atom is -0.652 e. The van der Waals surface area contributed by atoms with Crippen molar-refractivity contribution in [1.82, 2.24) is 9.97 Å². The molecule has 0 saturated carbocycles. The Labute approximate surface area is 188 Å². The van der Waals surface area contributed by atoms with Crippen LogP contribution in [0.4, 0.5) is 4.79 Å². The van der Waals surface area contributed by atoms with Crippen molar-refractivity contribution in [3.8, 4) is 0 Å². The Bertz CT molecular complexity index is 155. The fourth-order valence-corrected chi connectivity index (χ4v) is 0.253. The molecule has 0 bridgehead atoms. The zero-order chi connectivity index (χ0) is 7.82. The summed E-state index contributed by atoms with van der Waals surface area (Å²) in [6.07, 6.45) is 2.54. The summed E-state index contributed by atoms with van der Waals surface area (Å²) in [5.74, 6) is 0. The van der Waals surface area contributed by atoms with Crippen molar-refractivity contribution in [3.05, 3.63) is 24.8 Å². The summed E-state index contributed by atoms with van der Waals surface area (Å²) in [5, 5.41) is 16.7. The summed E-state index contributed by atoms with van der Waals surface area (Å²) in [6.45, 7) is 0. The number of rotatable bonds is 0. The van der Waals surface area contributed by atoms with Crippen molar-refractivity contribution in [2.45, 2.75) is 0 Å². The molecular formula is C5H4Cs2N2O3. The van der Waals surface area contributed by atoms with Gasteiger partial charge in [-0.2, -0.15) is 0 Å². The first-order chi connectivity index (χ1) is 4.73. The van der Waals surface area contributed by atoms with E-state index >= 15 is 0 Å². The fourth-order valence-electron chi connectivity index (χ4n) is 0.253. The van der Waals surface area contributed by atoms with Gasteiger partial charge in [0.25, 0.3) is 0 Å². The van der Waals surface area contributed by atoms with Crippen LogP contribution in [-0.2, 0) is 0 Å². The SMILES string of the molecule is O=C([O-])[O-].[Cs+].[Cs+].c1cncnc1. The molecule has 1 aromatic heterocycles. The monoisotopic (exact) mass is 406 g/mol. The molecule has 0 radical (unpaired) electrons. The number of hydrogen-bond donors (Lipinski definition) is 0. The normalized spacial score (nSPS) is 6.00. The topological polar surface area (TPSA) is 89.0 Å². The average molecular weight is 406 g/mol. The Hall–Kier alpha value is 2.45. The first-order valence-electron chi connectivity index (χ1n) is 2.31. The van der Waals surface area contributed by atoms with Gasteiger partial charge in [-0.1, -0.05) is 0 Å². The van der Waals surface area contributed by atoms with Crippen LogP contribution in [0.5, 0.6) is 0 Å². The maximum Gasteiger partial charge on any atom is 1.00 e. The second-order valence-corrected chi connectivity index (χ2v) is 1.15. The minimum absolute atomic E-state index is 0. The van der Waals surface area contributed by atoms with Crippen LogP contribution in [0.15, 0.2) is 24.8 Å². The quantitative estimate of drug-likeness (QED) is 0.428. The summed E-state index contributed by atoms with van der Waals surface area (Å²) in [4.78, 5) is 15.7. The smallest absolute Gasteiger partial charge is 0.652 e. The summed E-state index contributed by atoms with van der Waals surface area (Å²) in [5.41, 5.74) is 0. The van der Waals surface area contributed by atoms with Crippen LogP contribution >= 0.6 is 0 Å². The number of hydrogen-bond acceptors (Lipinski definition) is 5. The van der Waals surface area contributed by atoms with Crippen LogP contribution in [0, 0.1) is 0 Å². The first kappa shape index (κ1) is 19.9. The molecule has 1 heterocycles. The molecule has 0 N–H and O–H groups in total. The number of nitrogens with zero attached hydrogens (tertiary/aromatic N) is 2. The van der Waals surface area contributed by atoms with E-state index in [1.54, 1.807) is 18.5 Å². The van der Waals surface area contributed by atoms with Gasteiger partial charge >= 0.3 is 138 Å². The molecule has 0 fully saturated rings. The van der Waals surface area contributed by atoms with Crippen molar-refractivity contribution in [2.75, 3.05) is 0 Å². The molecule has 0 atom stereocenters. The summed E-state index contributed by atoms with van der Waals surface area (Å²) in [7, 11) is 0. The molecule has 0 unspecified atom stereocenters. The van der Waals surface area contributed by atoms with Crippen molar-refractivity contribution in [3.63, 3.8) is 0 Å². The molecular weight excluding hydrogens is 402 g/mol. The molecule has 0 spiro atoms. The maximum atomic E-state index is 8.33. The molecule has 5 nitrogen and oxygen atoms in total. The maximum absolute atomic E-state index is 8.33. The van der Waals surface area contributed by atoms with Gasteiger partial charge in [-0.25, -0.2) is 9.97 Å². The Morgan fingerprint density at radius 2 is 1.42 bits per heavy atom. The Morgan fingerprint density at radius 3 is 1.50 bits per heavy atom. The Morgan fingerprint density at radius 1 is 1.08 bits per heavy atom. The zero-order valence-corrected chi connectivity index (χ0v) is 19.5. The molecule has 0 aromatic carbocycles. The van der Waals surface area contributed by atoms with E-state index in [1.807, 2.05) is 0 Å². The second kappa shape index (κ2) is 15.9. The third-order valence-electron chi connectivity index (χ3n) is 0.478. The van der Waals surface area contributed by atoms with Crippen LogP contribution < -0.4 is 148 Å². The van der Waals surface area contributed by atoms with Crippen LogP contribution in [0.25, 0.3) is 0 Å². The van der Waals surface area contributed by atoms with E-state index in [-0.39, 0.29) is 138 Å². The summed E-state index contributed by atoms with van der Waals surface area (Å²) in [6, 6.07) is 1.78. The molecule has 1 rings (SSSR count). The average Bonchev–Trinajstić information content (AvgIpc) is 1.90. The Kier molecular flexibility index (Phi) is 26.4. The van der Waals surface area contributed by atoms with Gasteiger partial charge in [-0.05, 0) is 12.2 Å². The number of carbonyl (C=O) groups excluding carboxylic acids is 1. The molecule has 12 heavy (non-hydrogen) atoms. The van der Waals surface area contributed by atoms with E-state index in [1.165, 1.54) is 6.33 Å². The molecule has 54 valence electrons. The van der Waals surface area contributed by atoms with Gasteiger partial charge in [0, 0.05) is 12.4 Å². The van der Waals surface area contributed by atoms with Crippen molar-refractivity contribution >= 4 is 6.16 Å². The molecule has 1 aromatic rings. The molecule has 0 aliphatic rings. The summed E-state index contributed by atoms with van der Waals surface area (Å²) < 4.78 is 0. The number of carbonyl (C=O) groups is 1.